The van der Waals surface area contributed by atoms with Gasteiger partial charge in [-0.25, -0.2) is 15.4 Å². The van der Waals surface area contributed by atoms with Gasteiger partial charge in [0.05, 0.1) is 23.3 Å². The van der Waals surface area contributed by atoms with Gasteiger partial charge in [-0.15, -0.1) is 0 Å². The maximum Gasteiger partial charge on any atom is 0.180 e. The first-order valence-corrected chi connectivity index (χ1v) is 10.4. The second-order valence-corrected chi connectivity index (χ2v) is 8.26. The van der Waals surface area contributed by atoms with Crippen molar-refractivity contribution in [3.8, 4) is 0 Å². The van der Waals surface area contributed by atoms with E-state index in [4.69, 9.17) is 9.97 Å². The predicted molar refractivity (Wildman–Crippen MR) is 112 cm³/mol. The molecule has 5 heterocycles. The molecule has 3 N–H and O–H groups in total. The molecule has 0 aliphatic carbocycles. The van der Waals surface area contributed by atoms with Gasteiger partial charge in [0.2, 0.25) is 0 Å². The third kappa shape index (κ3) is 3.25. The third-order valence-electron chi connectivity index (χ3n) is 5.29. The van der Waals surface area contributed by atoms with Gasteiger partial charge >= 0.3 is 0 Å². The van der Waals surface area contributed by atoms with Crippen molar-refractivity contribution in [3.63, 3.8) is 0 Å². The van der Waals surface area contributed by atoms with Crippen molar-refractivity contribution in [1.29, 1.82) is 0 Å². The molecule has 0 bridgehead atoms. The van der Waals surface area contributed by atoms with Crippen molar-refractivity contribution in [1.82, 2.24) is 34.5 Å². The molecule has 0 amide bonds. The van der Waals surface area contributed by atoms with E-state index in [1.54, 1.807) is 0 Å². The smallest absolute Gasteiger partial charge is 0.180 e. The fourth-order valence-corrected chi connectivity index (χ4v) is 4.52. The number of nitrogens with one attached hydrogen (secondary N) is 3. The van der Waals surface area contributed by atoms with Gasteiger partial charge in [0.15, 0.2) is 11.5 Å². The number of nitrogens with zero attached hydrogens (tertiary/aromatic N) is 5. The Labute approximate surface area is 167 Å². The molecule has 1 fully saturated rings. The Morgan fingerprint density at radius 3 is 3.00 bits per heavy atom. The Morgan fingerprint density at radius 2 is 2.29 bits per heavy atom. The van der Waals surface area contributed by atoms with E-state index in [1.807, 2.05) is 31.2 Å². The number of piperidine rings is 1. The molecule has 0 spiro atoms. The fourth-order valence-electron chi connectivity index (χ4n) is 3.86. The number of hydrazine groups is 1. The number of hydrogen-bond acceptors (Lipinski definition) is 8. The zero-order valence-corrected chi connectivity index (χ0v) is 16.9. The highest BCUT2D eigenvalue weighted by Crippen LogP contribution is 2.30. The van der Waals surface area contributed by atoms with Crippen LogP contribution in [-0.4, -0.2) is 50.4 Å². The standard InChI is InChI=1S/C19H24N8S/c1-12-6-17(28-25-12)24-18-19-21-9-16(14-8-22-26(2)10-14)27(19)11-15(23-18)13-4-3-5-20-7-13/h6,9-11,13,20,22H,3-5,7-8H2,1-2H3,(H,23,24). The summed E-state index contributed by atoms with van der Waals surface area (Å²) in [5, 5.41) is 9.93. The van der Waals surface area contributed by atoms with E-state index in [0.717, 1.165) is 59.6 Å². The van der Waals surface area contributed by atoms with Gasteiger partial charge < -0.3 is 15.6 Å². The predicted octanol–water partition coefficient (Wildman–Crippen LogP) is 2.50. The Balaban J connectivity index is 1.61. The van der Waals surface area contributed by atoms with Crippen LogP contribution in [0.2, 0.25) is 0 Å². The Bertz CT molecular complexity index is 1030. The molecule has 5 rings (SSSR count). The molecule has 28 heavy (non-hydrogen) atoms. The Morgan fingerprint density at radius 1 is 1.36 bits per heavy atom. The Kier molecular flexibility index (Phi) is 4.50. The summed E-state index contributed by atoms with van der Waals surface area (Å²) < 4.78 is 6.55. The normalized spacial score (nSPS) is 20.0. The molecule has 1 saturated heterocycles. The van der Waals surface area contributed by atoms with Gasteiger partial charge in [-0.05, 0) is 43.9 Å². The number of fused-ring (bicyclic) bond motifs is 1. The average Bonchev–Trinajstić information content (AvgIpc) is 3.42. The molecule has 9 heteroatoms. The number of imidazole rings is 1. The van der Waals surface area contributed by atoms with Crippen LogP contribution in [0.4, 0.5) is 10.8 Å². The van der Waals surface area contributed by atoms with Crippen molar-refractivity contribution in [2.75, 3.05) is 32.0 Å². The third-order valence-corrected chi connectivity index (χ3v) is 6.09. The van der Waals surface area contributed by atoms with Crippen LogP contribution in [-0.2, 0) is 0 Å². The van der Waals surface area contributed by atoms with Crippen LogP contribution < -0.4 is 16.1 Å². The van der Waals surface area contributed by atoms with Crippen LogP contribution in [0.15, 0.2) is 24.7 Å². The van der Waals surface area contributed by atoms with E-state index in [2.05, 4.69) is 37.2 Å². The topological polar surface area (TPSA) is 82.4 Å². The number of rotatable bonds is 4. The van der Waals surface area contributed by atoms with Gasteiger partial charge in [-0.1, -0.05) is 0 Å². The van der Waals surface area contributed by atoms with Crippen LogP contribution in [0.5, 0.6) is 0 Å². The zero-order chi connectivity index (χ0) is 19.1. The maximum atomic E-state index is 4.98. The summed E-state index contributed by atoms with van der Waals surface area (Å²) >= 11 is 1.45. The molecule has 3 aromatic heterocycles. The van der Waals surface area contributed by atoms with E-state index in [0.29, 0.717) is 5.92 Å². The first-order valence-electron chi connectivity index (χ1n) is 9.64. The van der Waals surface area contributed by atoms with Crippen LogP contribution in [0.25, 0.3) is 11.2 Å². The molecule has 8 nitrogen and oxygen atoms in total. The summed E-state index contributed by atoms with van der Waals surface area (Å²) in [5.74, 6) is 1.20. The molecule has 0 radical (unpaired) electrons. The number of aryl methyl sites for hydroxylation is 1. The lowest BCUT2D eigenvalue weighted by Crippen LogP contribution is -2.29. The van der Waals surface area contributed by atoms with Gasteiger partial charge in [0.25, 0.3) is 0 Å². The molecule has 2 aliphatic rings. The van der Waals surface area contributed by atoms with E-state index < -0.39 is 0 Å². The molecule has 0 aromatic carbocycles. The van der Waals surface area contributed by atoms with Crippen LogP contribution >= 0.6 is 11.5 Å². The SMILES string of the molecule is Cc1cc(Nc2nc(C3CCCNC3)cn3c(C4=CN(C)NC4)cnc23)sn1. The van der Waals surface area contributed by atoms with Crippen LogP contribution in [0, 0.1) is 6.92 Å². The lowest BCUT2D eigenvalue weighted by Gasteiger charge is -2.23. The molecular weight excluding hydrogens is 372 g/mol. The minimum absolute atomic E-state index is 0.413. The molecule has 1 atom stereocenters. The summed E-state index contributed by atoms with van der Waals surface area (Å²) in [6.45, 7) is 4.85. The molecular formula is C19H24N8S. The number of anilines is 2. The lowest BCUT2D eigenvalue weighted by molar-refractivity contribution is 0.374. The number of aromatic nitrogens is 4. The zero-order valence-electron chi connectivity index (χ0n) is 16.1. The second kappa shape index (κ2) is 7.16. The fraction of sp³-hybridized carbons (Fsp3) is 0.421. The van der Waals surface area contributed by atoms with Gasteiger partial charge in [-0.3, -0.25) is 4.40 Å². The minimum atomic E-state index is 0.413. The summed E-state index contributed by atoms with van der Waals surface area (Å²) in [6.07, 6.45) is 8.55. The van der Waals surface area contributed by atoms with Gasteiger partial charge in [0, 0.05) is 44.0 Å². The van der Waals surface area contributed by atoms with E-state index in [-0.39, 0.29) is 0 Å². The van der Waals surface area contributed by atoms with Gasteiger partial charge in [0.1, 0.15) is 5.00 Å². The quantitative estimate of drug-likeness (QED) is 0.625. The second-order valence-electron chi connectivity index (χ2n) is 7.45. The first-order chi connectivity index (χ1) is 13.7. The largest absolute Gasteiger partial charge is 0.328 e. The van der Waals surface area contributed by atoms with Crippen molar-refractivity contribution < 1.29 is 0 Å². The Hall–Kier alpha value is -2.49. The summed E-state index contributed by atoms with van der Waals surface area (Å²) in [7, 11) is 2.01. The van der Waals surface area contributed by atoms with Crippen molar-refractivity contribution in [2.24, 2.45) is 0 Å². The molecule has 146 valence electrons. The van der Waals surface area contributed by atoms with Crippen molar-refractivity contribution in [2.45, 2.75) is 25.7 Å². The van der Waals surface area contributed by atoms with Gasteiger partial charge in [-0.2, -0.15) is 4.37 Å². The highest BCUT2D eigenvalue weighted by Gasteiger charge is 2.22. The number of hydrogen-bond donors (Lipinski definition) is 3. The van der Waals surface area contributed by atoms with E-state index >= 15 is 0 Å². The average molecular weight is 397 g/mol. The van der Waals surface area contributed by atoms with E-state index in [1.165, 1.54) is 23.5 Å². The maximum absolute atomic E-state index is 4.98. The molecule has 2 aliphatic heterocycles. The monoisotopic (exact) mass is 396 g/mol. The van der Waals surface area contributed by atoms with Crippen molar-refractivity contribution >= 4 is 33.6 Å². The molecule has 0 saturated carbocycles. The lowest BCUT2D eigenvalue weighted by atomic mass is 9.96. The highest BCUT2D eigenvalue weighted by atomic mass is 32.1. The van der Waals surface area contributed by atoms with Crippen molar-refractivity contribution in [3.05, 3.63) is 41.7 Å². The van der Waals surface area contributed by atoms with Crippen LogP contribution in [0.1, 0.15) is 35.8 Å². The summed E-state index contributed by atoms with van der Waals surface area (Å²) in [5.41, 5.74) is 8.57. The van der Waals surface area contributed by atoms with E-state index in [9.17, 15) is 0 Å². The highest BCUT2D eigenvalue weighted by molar-refractivity contribution is 7.10. The minimum Gasteiger partial charge on any atom is -0.328 e. The van der Waals surface area contributed by atoms with Crippen LogP contribution in [0.3, 0.4) is 0 Å². The molecule has 3 aromatic rings. The first kappa shape index (κ1) is 17.6. The summed E-state index contributed by atoms with van der Waals surface area (Å²) in [6, 6.07) is 2.04. The molecule has 1 unspecified atom stereocenters. The summed E-state index contributed by atoms with van der Waals surface area (Å²) in [4.78, 5) is 9.68.